The summed E-state index contributed by atoms with van der Waals surface area (Å²) in [7, 11) is 1.17. The van der Waals surface area contributed by atoms with E-state index in [9.17, 15) is 18.0 Å². The molecule has 0 spiro atoms. The van der Waals surface area contributed by atoms with Gasteiger partial charge in [-0.2, -0.15) is 13.2 Å². The van der Waals surface area contributed by atoms with Gasteiger partial charge in [0.2, 0.25) is 0 Å². The molecular formula is C11H12F3N3O2. The first-order chi connectivity index (χ1) is 8.90. The number of hydrogen-bond donors (Lipinski definition) is 0. The van der Waals surface area contributed by atoms with Crippen molar-refractivity contribution in [1.82, 2.24) is 9.97 Å². The first kappa shape index (κ1) is 13.6. The Morgan fingerprint density at radius 1 is 1.47 bits per heavy atom. The van der Waals surface area contributed by atoms with E-state index in [1.54, 1.807) is 0 Å². The number of ether oxygens (including phenoxy) is 1. The third-order valence-electron chi connectivity index (χ3n) is 2.65. The van der Waals surface area contributed by atoms with Crippen LogP contribution >= 0.6 is 0 Å². The highest BCUT2D eigenvalue weighted by Crippen LogP contribution is 2.33. The van der Waals surface area contributed by atoms with Crippen LogP contribution in [0, 0.1) is 0 Å². The van der Waals surface area contributed by atoms with Gasteiger partial charge in [0.15, 0.2) is 5.69 Å². The lowest BCUT2D eigenvalue weighted by Gasteiger charge is -2.24. The normalized spacial score (nSPS) is 15.2. The molecule has 1 aromatic heterocycles. The van der Waals surface area contributed by atoms with Crippen molar-refractivity contribution in [3.05, 3.63) is 18.1 Å². The van der Waals surface area contributed by atoms with Crippen LogP contribution in [0.4, 0.5) is 19.0 Å². The topological polar surface area (TPSA) is 55.3 Å². The van der Waals surface area contributed by atoms with Crippen LogP contribution < -0.4 is 4.90 Å². The molecule has 0 amide bonds. The number of halogens is 3. The quantitative estimate of drug-likeness (QED) is 0.784. The van der Waals surface area contributed by atoms with Gasteiger partial charge in [-0.25, -0.2) is 9.78 Å². The zero-order valence-electron chi connectivity index (χ0n) is 10.1. The maximum absolute atomic E-state index is 12.5. The third-order valence-corrected chi connectivity index (χ3v) is 2.65. The second-order valence-corrected chi connectivity index (χ2v) is 4.23. The fourth-order valence-electron chi connectivity index (χ4n) is 1.67. The SMILES string of the molecule is COC(=O)c1cncc(N(CC(F)(F)F)C2CC2)n1. The number of esters is 1. The van der Waals surface area contributed by atoms with Gasteiger partial charge in [-0.3, -0.25) is 4.98 Å². The molecule has 0 saturated heterocycles. The molecule has 8 heteroatoms. The minimum atomic E-state index is -4.33. The Balaban J connectivity index is 2.24. The molecule has 0 N–H and O–H groups in total. The summed E-state index contributed by atoms with van der Waals surface area (Å²) in [5.41, 5.74) is -0.104. The van der Waals surface area contributed by atoms with Crippen LogP contribution in [0.1, 0.15) is 23.3 Å². The van der Waals surface area contributed by atoms with Crippen molar-refractivity contribution < 1.29 is 22.7 Å². The Morgan fingerprint density at radius 2 is 2.16 bits per heavy atom. The van der Waals surface area contributed by atoms with E-state index in [1.165, 1.54) is 13.3 Å². The van der Waals surface area contributed by atoms with E-state index in [0.29, 0.717) is 12.8 Å². The van der Waals surface area contributed by atoms with Crippen molar-refractivity contribution >= 4 is 11.8 Å². The van der Waals surface area contributed by atoms with Crippen LogP contribution in [-0.4, -0.2) is 41.8 Å². The highest BCUT2D eigenvalue weighted by atomic mass is 19.4. The molecule has 0 radical (unpaired) electrons. The van der Waals surface area contributed by atoms with Gasteiger partial charge < -0.3 is 9.64 Å². The van der Waals surface area contributed by atoms with Gasteiger partial charge in [0.05, 0.1) is 19.5 Å². The monoisotopic (exact) mass is 275 g/mol. The zero-order valence-corrected chi connectivity index (χ0v) is 10.1. The summed E-state index contributed by atoms with van der Waals surface area (Å²) in [6.07, 6.45) is -0.587. The second kappa shape index (κ2) is 5.02. The standard InChI is InChI=1S/C11H12F3N3O2/c1-19-10(18)8-4-15-5-9(16-8)17(7-2-3-7)6-11(12,13)14/h4-5,7H,2-3,6H2,1H3. The molecule has 5 nitrogen and oxygen atoms in total. The number of anilines is 1. The third kappa shape index (κ3) is 3.55. The van der Waals surface area contributed by atoms with Crippen molar-refractivity contribution in [1.29, 1.82) is 0 Å². The maximum atomic E-state index is 12.5. The molecule has 0 atom stereocenters. The van der Waals surface area contributed by atoms with Crippen molar-refractivity contribution in [2.45, 2.75) is 25.1 Å². The minimum Gasteiger partial charge on any atom is -0.464 e. The van der Waals surface area contributed by atoms with Gasteiger partial charge in [-0.1, -0.05) is 0 Å². The highest BCUT2D eigenvalue weighted by molar-refractivity contribution is 5.87. The minimum absolute atomic E-state index is 0.0442. The van der Waals surface area contributed by atoms with Gasteiger partial charge in [-0.05, 0) is 12.8 Å². The highest BCUT2D eigenvalue weighted by Gasteiger charge is 2.39. The molecule has 1 aliphatic rings. The number of hydrogen-bond acceptors (Lipinski definition) is 5. The molecular weight excluding hydrogens is 263 g/mol. The Kier molecular flexibility index (Phi) is 3.59. The van der Waals surface area contributed by atoms with Crippen LogP contribution in [0.25, 0.3) is 0 Å². The van der Waals surface area contributed by atoms with Crippen LogP contribution in [0.2, 0.25) is 0 Å². The number of methoxy groups -OCH3 is 1. The van der Waals surface area contributed by atoms with E-state index in [0.717, 1.165) is 11.1 Å². The van der Waals surface area contributed by atoms with E-state index in [-0.39, 0.29) is 17.6 Å². The summed E-state index contributed by atoms with van der Waals surface area (Å²) in [6, 6.07) is -0.191. The fourth-order valence-corrected chi connectivity index (χ4v) is 1.67. The smallest absolute Gasteiger partial charge is 0.405 e. The molecule has 1 fully saturated rings. The van der Waals surface area contributed by atoms with Gasteiger partial charge in [-0.15, -0.1) is 0 Å². The molecule has 19 heavy (non-hydrogen) atoms. The molecule has 0 aliphatic heterocycles. The van der Waals surface area contributed by atoms with E-state index in [1.807, 2.05) is 0 Å². The summed E-state index contributed by atoms with van der Waals surface area (Å²) in [5.74, 6) is -0.681. The molecule has 0 unspecified atom stereocenters. The molecule has 1 aliphatic carbocycles. The Morgan fingerprint density at radius 3 is 2.68 bits per heavy atom. The average Bonchev–Trinajstić information content (AvgIpc) is 3.18. The van der Waals surface area contributed by atoms with Crippen LogP contribution in [0.5, 0.6) is 0 Å². The first-order valence-corrected chi connectivity index (χ1v) is 5.64. The number of carbonyl (C=O) groups is 1. The molecule has 1 aromatic rings. The largest absolute Gasteiger partial charge is 0.464 e. The zero-order chi connectivity index (χ0) is 14.0. The van der Waals surface area contributed by atoms with Crippen molar-refractivity contribution in [2.75, 3.05) is 18.6 Å². The van der Waals surface area contributed by atoms with Crippen LogP contribution in [0.15, 0.2) is 12.4 Å². The molecule has 2 rings (SSSR count). The van der Waals surface area contributed by atoms with Crippen molar-refractivity contribution in [3.8, 4) is 0 Å². The number of aromatic nitrogens is 2. The summed E-state index contributed by atoms with van der Waals surface area (Å²) in [5, 5.41) is 0. The predicted molar refractivity (Wildman–Crippen MR) is 59.8 cm³/mol. The Labute approximate surface area is 107 Å². The van der Waals surface area contributed by atoms with Crippen molar-refractivity contribution in [3.63, 3.8) is 0 Å². The summed E-state index contributed by atoms with van der Waals surface area (Å²) in [6.45, 7) is -1.10. The summed E-state index contributed by atoms with van der Waals surface area (Å²) in [4.78, 5) is 20.0. The second-order valence-electron chi connectivity index (χ2n) is 4.23. The van der Waals surface area contributed by atoms with E-state index in [2.05, 4.69) is 14.7 Å². The number of alkyl halides is 3. The molecule has 1 saturated carbocycles. The molecule has 0 aromatic carbocycles. The fraction of sp³-hybridized carbons (Fsp3) is 0.545. The van der Waals surface area contributed by atoms with Crippen molar-refractivity contribution in [2.24, 2.45) is 0 Å². The first-order valence-electron chi connectivity index (χ1n) is 5.64. The van der Waals surface area contributed by atoms with Gasteiger partial charge in [0.25, 0.3) is 0 Å². The van der Waals surface area contributed by atoms with Crippen LogP contribution in [-0.2, 0) is 4.74 Å². The maximum Gasteiger partial charge on any atom is 0.405 e. The lowest BCUT2D eigenvalue weighted by Crippen LogP contribution is -2.36. The summed E-state index contributed by atoms with van der Waals surface area (Å²) >= 11 is 0. The van der Waals surface area contributed by atoms with Crippen LogP contribution in [0.3, 0.4) is 0 Å². The van der Waals surface area contributed by atoms with E-state index >= 15 is 0 Å². The average molecular weight is 275 g/mol. The van der Waals surface area contributed by atoms with Gasteiger partial charge in [0.1, 0.15) is 12.4 Å². The lowest BCUT2D eigenvalue weighted by atomic mass is 10.4. The number of nitrogens with zero attached hydrogens (tertiary/aromatic N) is 3. The Hall–Kier alpha value is -1.86. The Bertz CT molecular complexity index is 474. The van der Waals surface area contributed by atoms with Gasteiger partial charge >= 0.3 is 12.1 Å². The molecule has 1 heterocycles. The summed E-state index contributed by atoms with van der Waals surface area (Å²) < 4.78 is 42.0. The molecule has 104 valence electrons. The predicted octanol–water partition coefficient (Wildman–Crippen LogP) is 1.79. The molecule has 0 bridgehead atoms. The van der Waals surface area contributed by atoms with E-state index in [4.69, 9.17) is 0 Å². The van der Waals surface area contributed by atoms with E-state index < -0.39 is 18.7 Å². The number of carbonyl (C=O) groups excluding carboxylic acids is 1. The lowest BCUT2D eigenvalue weighted by molar-refractivity contribution is -0.120. The van der Waals surface area contributed by atoms with Gasteiger partial charge in [0, 0.05) is 6.04 Å². The number of rotatable bonds is 4.